The highest BCUT2D eigenvalue weighted by Gasteiger charge is 2.33. The third kappa shape index (κ3) is 3.40. The molecule has 1 aliphatic rings. The minimum atomic E-state index is -3.51. The molecule has 0 saturated carbocycles. The van der Waals surface area contributed by atoms with Crippen molar-refractivity contribution >= 4 is 10.0 Å². The fourth-order valence-electron chi connectivity index (χ4n) is 2.59. The first-order valence-corrected chi connectivity index (χ1v) is 9.03. The number of aromatic nitrogens is 1. The summed E-state index contributed by atoms with van der Waals surface area (Å²) in [6.07, 6.45) is 1.82. The summed E-state index contributed by atoms with van der Waals surface area (Å²) in [4.78, 5) is 4.35. The molecule has 1 aromatic carbocycles. The second-order valence-corrected chi connectivity index (χ2v) is 7.64. The lowest BCUT2D eigenvalue weighted by atomic mass is 10.2. The molecule has 0 N–H and O–H groups in total. The van der Waals surface area contributed by atoms with Gasteiger partial charge in [0.1, 0.15) is 6.10 Å². The van der Waals surface area contributed by atoms with Crippen molar-refractivity contribution < 1.29 is 13.2 Å². The molecule has 1 aliphatic heterocycles. The number of hydrogen-bond acceptors (Lipinski definition) is 5. The maximum Gasteiger partial charge on any atom is 0.243 e. The molecule has 2 heterocycles. The third-order valence-corrected chi connectivity index (χ3v) is 5.80. The van der Waals surface area contributed by atoms with Crippen LogP contribution < -0.4 is 4.74 Å². The van der Waals surface area contributed by atoms with E-state index in [9.17, 15) is 8.42 Å². The zero-order valence-electron chi connectivity index (χ0n) is 13.2. The topological polar surface area (TPSA) is 83.3 Å². The standard InChI is InChI=1S/C17H17N3O3S/c1-13-2-4-16(5-3-13)24(21,22)20-9-7-15(12-20)23-17-10-14(11-18)6-8-19-17/h2-6,8,10,15H,7,9,12H2,1H3. The molecule has 0 radical (unpaired) electrons. The summed E-state index contributed by atoms with van der Waals surface area (Å²) >= 11 is 0. The van der Waals surface area contributed by atoms with Gasteiger partial charge in [-0.15, -0.1) is 0 Å². The Balaban J connectivity index is 1.70. The van der Waals surface area contributed by atoms with Gasteiger partial charge in [-0.2, -0.15) is 9.57 Å². The lowest BCUT2D eigenvalue weighted by Crippen LogP contribution is -2.31. The summed E-state index contributed by atoms with van der Waals surface area (Å²) in [6, 6.07) is 12.0. The minimum Gasteiger partial charge on any atom is -0.473 e. The van der Waals surface area contributed by atoms with Crippen molar-refractivity contribution in [3.8, 4) is 11.9 Å². The molecule has 1 saturated heterocycles. The zero-order valence-corrected chi connectivity index (χ0v) is 14.0. The van der Waals surface area contributed by atoms with E-state index in [-0.39, 0.29) is 12.6 Å². The first-order chi connectivity index (χ1) is 11.5. The number of sulfonamides is 1. The van der Waals surface area contributed by atoms with Crippen molar-refractivity contribution in [2.24, 2.45) is 0 Å². The maximum atomic E-state index is 12.7. The Bertz CT molecular complexity index is 873. The Morgan fingerprint density at radius 3 is 2.75 bits per heavy atom. The number of ether oxygens (including phenoxy) is 1. The summed E-state index contributed by atoms with van der Waals surface area (Å²) in [5.74, 6) is 0.341. The summed E-state index contributed by atoms with van der Waals surface area (Å²) in [7, 11) is -3.51. The van der Waals surface area contributed by atoms with E-state index >= 15 is 0 Å². The van der Waals surface area contributed by atoms with Gasteiger partial charge in [0, 0.05) is 18.8 Å². The first-order valence-electron chi connectivity index (χ1n) is 7.58. The average Bonchev–Trinajstić information content (AvgIpc) is 3.05. The molecule has 124 valence electrons. The van der Waals surface area contributed by atoms with Crippen LogP contribution in [0.2, 0.25) is 0 Å². The van der Waals surface area contributed by atoms with Crippen LogP contribution in [0.25, 0.3) is 0 Å². The summed E-state index contributed by atoms with van der Waals surface area (Å²) < 4.78 is 32.5. The van der Waals surface area contributed by atoms with Gasteiger partial charge >= 0.3 is 0 Å². The molecule has 1 aromatic heterocycles. The van der Waals surface area contributed by atoms with Gasteiger partial charge in [-0.1, -0.05) is 17.7 Å². The van der Waals surface area contributed by atoms with Gasteiger partial charge < -0.3 is 4.74 Å². The van der Waals surface area contributed by atoms with Gasteiger partial charge in [-0.25, -0.2) is 13.4 Å². The average molecular weight is 343 g/mol. The van der Waals surface area contributed by atoms with Crippen LogP contribution in [0, 0.1) is 18.3 Å². The van der Waals surface area contributed by atoms with Crippen LogP contribution in [0.5, 0.6) is 5.88 Å². The highest BCUT2D eigenvalue weighted by Crippen LogP contribution is 2.24. The quantitative estimate of drug-likeness (QED) is 0.849. The third-order valence-electron chi connectivity index (χ3n) is 3.92. The molecule has 3 rings (SSSR count). The largest absolute Gasteiger partial charge is 0.473 e. The van der Waals surface area contributed by atoms with E-state index in [0.717, 1.165) is 5.56 Å². The van der Waals surface area contributed by atoms with Crippen molar-refractivity contribution in [3.63, 3.8) is 0 Å². The van der Waals surface area contributed by atoms with Crippen molar-refractivity contribution in [1.82, 2.24) is 9.29 Å². The van der Waals surface area contributed by atoms with Crippen molar-refractivity contribution in [3.05, 3.63) is 53.7 Å². The molecule has 0 aliphatic carbocycles. The van der Waals surface area contributed by atoms with Gasteiger partial charge in [0.15, 0.2) is 0 Å². The second-order valence-electron chi connectivity index (χ2n) is 5.70. The number of nitrogens with zero attached hydrogens (tertiary/aromatic N) is 3. The summed E-state index contributed by atoms with van der Waals surface area (Å²) in [6.45, 7) is 2.59. The van der Waals surface area contributed by atoms with Crippen LogP contribution >= 0.6 is 0 Å². The lowest BCUT2D eigenvalue weighted by Gasteiger charge is -2.17. The Kier molecular flexibility index (Phi) is 4.51. The number of rotatable bonds is 4. The normalized spacial score (nSPS) is 18.2. The smallest absolute Gasteiger partial charge is 0.243 e. The van der Waals surface area contributed by atoms with Gasteiger partial charge in [0.25, 0.3) is 0 Å². The van der Waals surface area contributed by atoms with Crippen LogP contribution in [0.3, 0.4) is 0 Å². The van der Waals surface area contributed by atoms with Gasteiger partial charge in [-0.05, 0) is 31.5 Å². The molecular formula is C17H17N3O3S. The van der Waals surface area contributed by atoms with Crippen LogP contribution in [0.4, 0.5) is 0 Å². The van der Waals surface area contributed by atoms with Crippen molar-refractivity contribution in [2.75, 3.05) is 13.1 Å². The molecular weight excluding hydrogens is 326 g/mol. The fraction of sp³-hybridized carbons (Fsp3) is 0.294. The van der Waals surface area contributed by atoms with Gasteiger partial charge in [0.2, 0.25) is 15.9 Å². The monoisotopic (exact) mass is 343 g/mol. The molecule has 6 nitrogen and oxygen atoms in total. The van der Waals surface area contributed by atoms with Gasteiger partial charge in [-0.3, -0.25) is 0 Å². The zero-order chi connectivity index (χ0) is 17.2. The van der Waals surface area contributed by atoms with Gasteiger partial charge in [0.05, 0.1) is 23.1 Å². The van der Waals surface area contributed by atoms with E-state index in [4.69, 9.17) is 10.00 Å². The molecule has 24 heavy (non-hydrogen) atoms. The number of benzene rings is 1. The SMILES string of the molecule is Cc1ccc(S(=O)(=O)N2CCC(Oc3cc(C#N)ccn3)C2)cc1. The van der Waals surface area contributed by atoms with E-state index in [1.807, 2.05) is 13.0 Å². The molecule has 1 fully saturated rings. The highest BCUT2D eigenvalue weighted by molar-refractivity contribution is 7.89. The molecule has 1 unspecified atom stereocenters. The Labute approximate surface area is 141 Å². The van der Waals surface area contributed by atoms with Crippen LogP contribution in [-0.4, -0.2) is 36.9 Å². The Morgan fingerprint density at radius 2 is 2.04 bits per heavy atom. The minimum absolute atomic E-state index is 0.272. The van der Waals surface area contributed by atoms with E-state index in [2.05, 4.69) is 4.98 Å². The first kappa shape index (κ1) is 16.4. The Morgan fingerprint density at radius 1 is 1.29 bits per heavy atom. The molecule has 0 bridgehead atoms. The predicted molar refractivity (Wildman–Crippen MR) is 87.9 cm³/mol. The van der Waals surface area contributed by atoms with E-state index in [0.29, 0.717) is 29.3 Å². The van der Waals surface area contributed by atoms with E-state index < -0.39 is 10.0 Å². The summed E-state index contributed by atoms with van der Waals surface area (Å²) in [5, 5.41) is 8.90. The van der Waals surface area contributed by atoms with Crippen molar-refractivity contribution in [1.29, 1.82) is 5.26 Å². The number of pyridine rings is 1. The Hall–Kier alpha value is -2.43. The molecule has 2 aromatic rings. The van der Waals surface area contributed by atoms with Crippen LogP contribution in [0.1, 0.15) is 17.5 Å². The fourth-order valence-corrected chi connectivity index (χ4v) is 4.07. The van der Waals surface area contributed by atoms with E-state index in [1.165, 1.54) is 10.5 Å². The lowest BCUT2D eigenvalue weighted by molar-refractivity contribution is 0.207. The van der Waals surface area contributed by atoms with Crippen molar-refractivity contribution in [2.45, 2.75) is 24.3 Å². The highest BCUT2D eigenvalue weighted by atomic mass is 32.2. The molecule has 1 atom stereocenters. The predicted octanol–water partition coefficient (Wildman–Crippen LogP) is 2.10. The van der Waals surface area contributed by atoms with E-state index in [1.54, 1.807) is 36.4 Å². The second kappa shape index (κ2) is 6.59. The maximum absolute atomic E-state index is 12.7. The van der Waals surface area contributed by atoms with Crippen LogP contribution in [-0.2, 0) is 10.0 Å². The summed E-state index contributed by atoms with van der Waals surface area (Å²) in [5.41, 5.74) is 1.47. The molecule has 7 heteroatoms. The van der Waals surface area contributed by atoms with Crippen LogP contribution in [0.15, 0.2) is 47.5 Å². The number of hydrogen-bond donors (Lipinski definition) is 0. The molecule has 0 spiro atoms. The number of aryl methyl sites for hydroxylation is 1. The number of nitriles is 1. The molecule has 0 amide bonds.